The number of aromatic amines is 1. The molecule has 1 fully saturated rings. The number of amides is 1. The summed E-state index contributed by atoms with van der Waals surface area (Å²) in [5.74, 6) is -0.150. The molecule has 4 rings (SSSR count). The molecule has 2 N–H and O–H groups in total. The number of aryl methyl sites for hydroxylation is 1. The quantitative estimate of drug-likeness (QED) is 0.382. The highest BCUT2D eigenvalue weighted by molar-refractivity contribution is 6.09. The fourth-order valence-electron chi connectivity index (χ4n) is 4.50. The van der Waals surface area contributed by atoms with E-state index in [1.807, 2.05) is 0 Å². The van der Waals surface area contributed by atoms with Gasteiger partial charge in [-0.2, -0.15) is 13.2 Å². The number of carbonyl (C=O) groups is 2. The van der Waals surface area contributed by atoms with E-state index in [9.17, 15) is 22.8 Å². The molecule has 0 saturated carbocycles. The second-order valence-electron chi connectivity index (χ2n) is 10.4. The number of nitrogens with one attached hydrogen (secondary N) is 2. The standard InChI is InChI=1S/C27H32F3N5O5/c1-6-38-19-8-7-16(27(28,29)30)13-18(19)21-23-22(32-14-31-21)20(15(2)33-23)24(36)34-17-9-11-35(12-10-17)40-25(37)39-26(3,4)5/h7-8,13-14,17,33H,6,9-12H2,1-5H3,(H,34,36). The van der Waals surface area contributed by atoms with Crippen LogP contribution in [0.2, 0.25) is 0 Å². The van der Waals surface area contributed by atoms with Crippen LogP contribution >= 0.6 is 0 Å². The van der Waals surface area contributed by atoms with Gasteiger partial charge in [0.2, 0.25) is 0 Å². The van der Waals surface area contributed by atoms with Gasteiger partial charge in [0.25, 0.3) is 5.91 Å². The van der Waals surface area contributed by atoms with E-state index in [0.29, 0.717) is 37.1 Å². The molecule has 3 aromatic rings. The minimum atomic E-state index is -4.56. The smallest absolute Gasteiger partial charge is 0.493 e. The van der Waals surface area contributed by atoms with Crippen LogP contribution < -0.4 is 10.1 Å². The molecule has 0 spiro atoms. The van der Waals surface area contributed by atoms with Gasteiger partial charge in [0.1, 0.15) is 28.9 Å². The topological polar surface area (TPSA) is 119 Å². The van der Waals surface area contributed by atoms with E-state index in [0.717, 1.165) is 12.1 Å². The molecule has 1 saturated heterocycles. The maximum Gasteiger partial charge on any atom is 0.528 e. The van der Waals surface area contributed by atoms with Crippen molar-refractivity contribution in [1.82, 2.24) is 25.3 Å². The molecule has 0 atom stereocenters. The molecule has 0 aliphatic carbocycles. The Labute approximate surface area is 229 Å². The first-order valence-corrected chi connectivity index (χ1v) is 12.9. The summed E-state index contributed by atoms with van der Waals surface area (Å²) in [5.41, 5.74) is 0.178. The number of H-pyrrole nitrogens is 1. The summed E-state index contributed by atoms with van der Waals surface area (Å²) in [4.78, 5) is 42.1. The lowest BCUT2D eigenvalue weighted by Gasteiger charge is -2.31. The van der Waals surface area contributed by atoms with Gasteiger partial charge in [0.05, 0.1) is 23.3 Å². The van der Waals surface area contributed by atoms with E-state index in [4.69, 9.17) is 14.3 Å². The lowest BCUT2D eigenvalue weighted by Crippen LogP contribution is -2.45. The molecular weight excluding hydrogens is 531 g/mol. The first kappa shape index (κ1) is 29.1. The van der Waals surface area contributed by atoms with Crippen LogP contribution in [-0.4, -0.2) is 63.4 Å². The fraction of sp³-hybridized carbons (Fsp3) is 0.481. The number of aromatic nitrogens is 3. The van der Waals surface area contributed by atoms with Crippen molar-refractivity contribution >= 4 is 23.1 Å². The normalized spacial score (nSPS) is 15.2. The van der Waals surface area contributed by atoms with Crippen LogP contribution in [0, 0.1) is 6.92 Å². The van der Waals surface area contributed by atoms with Crippen LogP contribution in [0.25, 0.3) is 22.3 Å². The molecular formula is C27H32F3N5O5. The Kier molecular flexibility index (Phi) is 8.24. The Morgan fingerprint density at radius 3 is 2.48 bits per heavy atom. The maximum atomic E-state index is 13.5. The van der Waals surface area contributed by atoms with Crippen molar-refractivity contribution in [1.29, 1.82) is 0 Å². The summed E-state index contributed by atoms with van der Waals surface area (Å²) in [6, 6.07) is 3.01. The molecule has 0 radical (unpaired) electrons. The zero-order chi connectivity index (χ0) is 29.2. The van der Waals surface area contributed by atoms with Gasteiger partial charge in [-0.3, -0.25) is 4.79 Å². The van der Waals surface area contributed by atoms with Crippen molar-refractivity contribution in [2.75, 3.05) is 19.7 Å². The molecule has 13 heteroatoms. The Hall–Kier alpha value is -3.87. The second-order valence-corrected chi connectivity index (χ2v) is 10.4. The number of halogens is 3. The van der Waals surface area contributed by atoms with Crippen molar-refractivity contribution < 1.29 is 37.1 Å². The van der Waals surface area contributed by atoms with E-state index in [2.05, 4.69) is 20.3 Å². The Balaban J connectivity index is 1.54. The van der Waals surface area contributed by atoms with E-state index < -0.39 is 23.5 Å². The molecule has 3 heterocycles. The first-order valence-electron chi connectivity index (χ1n) is 12.9. The monoisotopic (exact) mass is 563 g/mol. The molecule has 216 valence electrons. The summed E-state index contributed by atoms with van der Waals surface area (Å²) in [6.07, 6.45) is -3.08. The predicted octanol–water partition coefficient (Wildman–Crippen LogP) is 5.41. The maximum absolute atomic E-state index is 13.5. The molecule has 0 bridgehead atoms. The molecule has 10 nitrogen and oxygen atoms in total. The van der Waals surface area contributed by atoms with Gasteiger partial charge in [0, 0.05) is 30.4 Å². The van der Waals surface area contributed by atoms with E-state index in [-0.39, 0.29) is 46.6 Å². The number of hydroxylamine groups is 2. The number of carbonyl (C=O) groups excluding carboxylic acids is 2. The van der Waals surface area contributed by atoms with Gasteiger partial charge in [-0.1, -0.05) is 0 Å². The summed E-state index contributed by atoms with van der Waals surface area (Å²) in [5, 5.41) is 4.49. The van der Waals surface area contributed by atoms with Gasteiger partial charge in [0.15, 0.2) is 0 Å². The number of ether oxygens (including phenoxy) is 2. The average molecular weight is 564 g/mol. The number of benzene rings is 1. The average Bonchev–Trinajstić information content (AvgIpc) is 3.20. The van der Waals surface area contributed by atoms with Crippen molar-refractivity contribution in [3.05, 3.63) is 41.3 Å². The summed E-state index contributed by atoms with van der Waals surface area (Å²) in [6.45, 7) is 9.69. The van der Waals surface area contributed by atoms with Crippen molar-refractivity contribution in [2.24, 2.45) is 0 Å². The van der Waals surface area contributed by atoms with Crippen LogP contribution in [0.5, 0.6) is 5.75 Å². The van der Waals surface area contributed by atoms with Crippen LogP contribution in [0.3, 0.4) is 0 Å². The van der Waals surface area contributed by atoms with Gasteiger partial charge in [-0.15, -0.1) is 5.06 Å². The number of hydrogen-bond donors (Lipinski definition) is 2. The molecule has 1 aliphatic rings. The zero-order valence-corrected chi connectivity index (χ0v) is 22.9. The lowest BCUT2D eigenvalue weighted by atomic mass is 10.0. The van der Waals surface area contributed by atoms with Crippen molar-refractivity contribution in [2.45, 2.75) is 65.3 Å². The third kappa shape index (κ3) is 6.64. The number of fused-ring (bicyclic) bond motifs is 1. The second kappa shape index (κ2) is 11.3. The molecule has 1 amide bonds. The number of rotatable bonds is 6. The molecule has 1 aliphatic heterocycles. The van der Waals surface area contributed by atoms with Gasteiger partial charge >= 0.3 is 12.3 Å². The highest BCUT2D eigenvalue weighted by atomic mass is 19.4. The van der Waals surface area contributed by atoms with Gasteiger partial charge in [-0.25, -0.2) is 14.8 Å². The minimum Gasteiger partial charge on any atom is -0.493 e. The third-order valence-electron chi connectivity index (χ3n) is 6.24. The minimum absolute atomic E-state index is 0.134. The Bertz CT molecular complexity index is 1390. The highest BCUT2D eigenvalue weighted by Crippen LogP contribution is 2.39. The van der Waals surface area contributed by atoms with E-state index in [1.165, 1.54) is 17.5 Å². The molecule has 0 unspecified atom stereocenters. The largest absolute Gasteiger partial charge is 0.528 e. The van der Waals surface area contributed by atoms with E-state index in [1.54, 1.807) is 34.6 Å². The fourth-order valence-corrected chi connectivity index (χ4v) is 4.50. The van der Waals surface area contributed by atoms with Crippen LogP contribution in [0.1, 0.15) is 62.2 Å². The molecule has 40 heavy (non-hydrogen) atoms. The van der Waals surface area contributed by atoms with Crippen LogP contribution in [0.4, 0.5) is 18.0 Å². The molecule has 2 aromatic heterocycles. The third-order valence-corrected chi connectivity index (χ3v) is 6.24. The van der Waals surface area contributed by atoms with Gasteiger partial charge in [-0.05, 0) is 65.7 Å². The Morgan fingerprint density at radius 1 is 1.15 bits per heavy atom. The first-order chi connectivity index (χ1) is 18.8. The SMILES string of the molecule is CCOc1ccc(C(F)(F)F)cc1-c1ncnc2c(C(=O)NC3CCN(OC(=O)OC(C)(C)C)CC3)c(C)[nH]c12. The van der Waals surface area contributed by atoms with Crippen LogP contribution in [0.15, 0.2) is 24.5 Å². The number of alkyl halides is 3. The highest BCUT2D eigenvalue weighted by Gasteiger charge is 2.32. The van der Waals surface area contributed by atoms with Gasteiger partial charge < -0.3 is 24.6 Å². The van der Waals surface area contributed by atoms with E-state index >= 15 is 0 Å². The predicted molar refractivity (Wildman–Crippen MR) is 140 cm³/mol. The Morgan fingerprint density at radius 2 is 1.85 bits per heavy atom. The summed E-state index contributed by atoms with van der Waals surface area (Å²) in [7, 11) is 0. The number of hydrogen-bond acceptors (Lipinski definition) is 8. The lowest BCUT2D eigenvalue weighted by molar-refractivity contribution is -0.152. The number of nitrogens with zero attached hydrogens (tertiary/aromatic N) is 3. The number of piperidine rings is 1. The van der Waals surface area contributed by atoms with Crippen molar-refractivity contribution in [3.63, 3.8) is 0 Å². The van der Waals surface area contributed by atoms with Crippen LogP contribution in [-0.2, 0) is 15.8 Å². The van der Waals surface area contributed by atoms with Crippen molar-refractivity contribution in [3.8, 4) is 17.0 Å². The molecule has 1 aromatic carbocycles. The summed E-state index contributed by atoms with van der Waals surface area (Å²) >= 11 is 0. The zero-order valence-electron chi connectivity index (χ0n) is 22.9. The summed E-state index contributed by atoms with van der Waals surface area (Å²) < 4.78 is 51.2.